The smallest absolute Gasteiger partial charge is 0.130 e. The first kappa shape index (κ1) is 23.3. The molecule has 0 bridgehead atoms. The van der Waals surface area contributed by atoms with Crippen LogP contribution < -0.4 is 0 Å². The number of halogens is 1. The number of benzene rings is 1. The zero-order valence-electron chi connectivity index (χ0n) is 20.1. The summed E-state index contributed by atoms with van der Waals surface area (Å²) < 4.78 is 21.8. The Balaban J connectivity index is 1.33. The molecule has 0 aromatic heterocycles. The Morgan fingerprint density at radius 1 is 0.903 bits per heavy atom. The maximum absolute atomic E-state index is 15.6. The van der Waals surface area contributed by atoms with Gasteiger partial charge in [-0.2, -0.15) is 0 Å². The average molecular weight is 429 g/mol. The first-order valence-corrected chi connectivity index (χ1v) is 13.6. The summed E-state index contributed by atoms with van der Waals surface area (Å²) in [6.07, 6.45) is 18.7. The molecule has 0 heterocycles. The van der Waals surface area contributed by atoms with Gasteiger partial charge in [0, 0.05) is 6.61 Å². The monoisotopic (exact) mass is 428 g/mol. The maximum atomic E-state index is 15.6. The van der Waals surface area contributed by atoms with E-state index < -0.39 is 0 Å². The molecular weight excluding hydrogens is 383 g/mol. The van der Waals surface area contributed by atoms with Gasteiger partial charge in [0.25, 0.3) is 0 Å². The van der Waals surface area contributed by atoms with Gasteiger partial charge in [-0.05, 0) is 105 Å². The van der Waals surface area contributed by atoms with Crippen molar-refractivity contribution in [1.29, 1.82) is 0 Å². The highest BCUT2D eigenvalue weighted by Crippen LogP contribution is 2.47. The number of ether oxygens (including phenoxy) is 1. The van der Waals surface area contributed by atoms with Gasteiger partial charge in [0.2, 0.25) is 0 Å². The summed E-state index contributed by atoms with van der Waals surface area (Å²) in [5, 5.41) is 0. The molecule has 0 radical (unpaired) electrons. The van der Waals surface area contributed by atoms with Crippen molar-refractivity contribution in [2.45, 2.75) is 122 Å². The zero-order chi connectivity index (χ0) is 21.6. The molecular formula is C29H45FO. The highest BCUT2D eigenvalue weighted by Gasteiger charge is 2.37. The first-order valence-electron chi connectivity index (χ1n) is 13.6. The Hall–Kier alpha value is -0.890. The molecule has 0 aliphatic heterocycles. The predicted octanol–water partition coefficient (Wildman–Crippen LogP) is 8.38. The molecule has 174 valence electrons. The molecule has 3 aliphatic carbocycles. The van der Waals surface area contributed by atoms with Gasteiger partial charge in [0.15, 0.2) is 0 Å². The summed E-state index contributed by atoms with van der Waals surface area (Å²) in [7, 11) is 0. The van der Waals surface area contributed by atoms with Crippen molar-refractivity contribution in [3.05, 3.63) is 34.6 Å². The number of unbranched alkanes of at least 4 members (excludes halogenated alkanes) is 3. The van der Waals surface area contributed by atoms with Crippen LogP contribution in [-0.4, -0.2) is 12.7 Å². The van der Waals surface area contributed by atoms with Crippen molar-refractivity contribution < 1.29 is 9.13 Å². The van der Waals surface area contributed by atoms with Gasteiger partial charge < -0.3 is 4.74 Å². The molecule has 5 atom stereocenters. The zero-order valence-corrected chi connectivity index (χ0v) is 20.1. The summed E-state index contributed by atoms with van der Waals surface area (Å²) in [5.41, 5.74) is 3.42. The minimum Gasteiger partial charge on any atom is -0.378 e. The molecule has 0 amide bonds. The van der Waals surface area contributed by atoms with Crippen LogP contribution in [0.4, 0.5) is 4.39 Å². The molecule has 1 aromatic rings. The summed E-state index contributed by atoms with van der Waals surface area (Å²) in [5.74, 6) is 2.96. The van der Waals surface area contributed by atoms with E-state index in [-0.39, 0.29) is 5.82 Å². The van der Waals surface area contributed by atoms with Crippen molar-refractivity contribution >= 4 is 0 Å². The Labute approximate surface area is 190 Å². The van der Waals surface area contributed by atoms with Crippen molar-refractivity contribution in [3.63, 3.8) is 0 Å². The van der Waals surface area contributed by atoms with Crippen LogP contribution in [0.3, 0.4) is 0 Å². The third kappa shape index (κ3) is 5.73. The Morgan fingerprint density at radius 2 is 1.71 bits per heavy atom. The van der Waals surface area contributed by atoms with Crippen LogP contribution in [0, 0.1) is 23.6 Å². The summed E-state index contributed by atoms with van der Waals surface area (Å²) in [6, 6.07) is 4.46. The predicted molar refractivity (Wildman–Crippen MR) is 128 cm³/mol. The molecule has 0 spiro atoms. The third-order valence-electron chi connectivity index (χ3n) is 8.75. The molecule has 1 aromatic carbocycles. The highest BCUT2D eigenvalue weighted by atomic mass is 19.1. The van der Waals surface area contributed by atoms with E-state index in [0.29, 0.717) is 12.0 Å². The molecule has 31 heavy (non-hydrogen) atoms. The van der Waals surface area contributed by atoms with E-state index in [1.54, 1.807) is 0 Å². The van der Waals surface area contributed by atoms with Gasteiger partial charge >= 0.3 is 0 Å². The fourth-order valence-corrected chi connectivity index (χ4v) is 6.84. The lowest BCUT2D eigenvalue weighted by atomic mass is 9.65. The number of hydrogen-bond donors (Lipinski definition) is 0. The van der Waals surface area contributed by atoms with Gasteiger partial charge in [-0.3, -0.25) is 0 Å². The average Bonchev–Trinajstić information content (AvgIpc) is 2.80. The Morgan fingerprint density at radius 3 is 2.55 bits per heavy atom. The van der Waals surface area contributed by atoms with Crippen molar-refractivity contribution in [3.8, 4) is 0 Å². The lowest BCUT2D eigenvalue weighted by Gasteiger charge is -2.42. The van der Waals surface area contributed by atoms with Gasteiger partial charge in [-0.1, -0.05) is 58.1 Å². The lowest BCUT2D eigenvalue weighted by molar-refractivity contribution is -0.0164. The minimum atomic E-state index is 0.169. The number of rotatable bonds is 9. The largest absolute Gasteiger partial charge is 0.378 e. The van der Waals surface area contributed by atoms with Crippen LogP contribution in [0.15, 0.2) is 12.1 Å². The molecule has 2 saturated carbocycles. The lowest BCUT2D eigenvalue weighted by Crippen LogP contribution is -2.34. The fourth-order valence-electron chi connectivity index (χ4n) is 6.84. The van der Waals surface area contributed by atoms with E-state index in [4.69, 9.17) is 4.74 Å². The van der Waals surface area contributed by atoms with Gasteiger partial charge in [-0.25, -0.2) is 4.39 Å². The van der Waals surface area contributed by atoms with Crippen molar-refractivity contribution in [2.75, 3.05) is 6.61 Å². The van der Waals surface area contributed by atoms with Gasteiger partial charge in [0.1, 0.15) is 5.82 Å². The Kier molecular flexibility index (Phi) is 8.49. The van der Waals surface area contributed by atoms with E-state index in [1.165, 1.54) is 89.0 Å². The molecule has 3 aliphatic rings. The van der Waals surface area contributed by atoms with E-state index in [9.17, 15) is 0 Å². The highest BCUT2D eigenvalue weighted by molar-refractivity contribution is 5.38. The van der Waals surface area contributed by atoms with Crippen LogP contribution in [0.25, 0.3) is 0 Å². The second kappa shape index (κ2) is 11.3. The third-order valence-corrected chi connectivity index (χ3v) is 8.75. The summed E-state index contributed by atoms with van der Waals surface area (Å²) in [6.45, 7) is 5.46. The molecule has 2 fully saturated rings. The topological polar surface area (TPSA) is 9.23 Å². The molecule has 5 unspecified atom stereocenters. The van der Waals surface area contributed by atoms with E-state index >= 15 is 4.39 Å². The first-order chi connectivity index (χ1) is 15.2. The second-order valence-electron chi connectivity index (χ2n) is 10.9. The van der Waals surface area contributed by atoms with Gasteiger partial charge in [0.05, 0.1) is 6.10 Å². The standard InChI is InChI=1S/C29H45FO/c1-3-5-7-17-31-26-14-12-22-19-25(11-10-23(22)20-26)28-16-13-24-18-21(8-6-4-2)9-15-27(24)29(28)30/h13,16,21-23,25-26H,3-12,14-15,17-20H2,1-2H3. The van der Waals surface area contributed by atoms with Gasteiger partial charge in [-0.15, -0.1) is 0 Å². The second-order valence-corrected chi connectivity index (χ2v) is 10.9. The van der Waals surface area contributed by atoms with Crippen LogP contribution in [0.5, 0.6) is 0 Å². The SMILES string of the molecule is CCCCCOC1CCC2CC(c3ccc4c(c3F)CCC(CCCC)C4)CCC2C1. The van der Waals surface area contributed by atoms with Crippen LogP contribution in [0.1, 0.15) is 120 Å². The van der Waals surface area contributed by atoms with Crippen molar-refractivity contribution in [2.24, 2.45) is 17.8 Å². The van der Waals surface area contributed by atoms with Crippen molar-refractivity contribution in [1.82, 2.24) is 0 Å². The molecule has 0 saturated heterocycles. The Bertz CT molecular complexity index is 698. The van der Waals surface area contributed by atoms with E-state index in [1.807, 2.05) is 0 Å². The van der Waals surface area contributed by atoms with Crippen LogP contribution >= 0.6 is 0 Å². The normalized spacial score (nSPS) is 30.6. The number of hydrogen-bond acceptors (Lipinski definition) is 1. The molecule has 1 nitrogen and oxygen atoms in total. The fraction of sp³-hybridized carbons (Fsp3) is 0.793. The van der Waals surface area contributed by atoms with Crippen LogP contribution in [-0.2, 0) is 17.6 Å². The van der Waals surface area contributed by atoms with Crippen LogP contribution in [0.2, 0.25) is 0 Å². The maximum Gasteiger partial charge on any atom is 0.130 e. The number of fused-ring (bicyclic) bond motifs is 2. The summed E-state index contributed by atoms with van der Waals surface area (Å²) >= 11 is 0. The van der Waals surface area contributed by atoms with E-state index in [0.717, 1.165) is 48.3 Å². The molecule has 4 rings (SSSR count). The quantitative estimate of drug-likeness (QED) is 0.359. The molecule has 2 heteroatoms. The minimum absolute atomic E-state index is 0.169. The summed E-state index contributed by atoms with van der Waals surface area (Å²) in [4.78, 5) is 0. The molecule has 0 N–H and O–H groups in total. The van der Waals surface area contributed by atoms with E-state index in [2.05, 4.69) is 26.0 Å².